The second-order valence-electron chi connectivity index (χ2n) is 4.79. The first-order chi connectivity index (χ1) is 7.77. The summed E-state index contributed by atoms with van der Waals surface area (Å²) in [6.07, 6.45) is 1.24. The minimum atomic E-state index is -1.15. The van der Waals surface area contributed by atoms with Gasteiger partial charge in [0.25, 0.3) is 11.8 Å². The van der Waals surface area contributed by atoms with E-state index in [1.165, 1.54) is 6.08 Å². The molecule has 94 valence electrons. The van der Waals surface area contributed by atoms with Gasteiger partial charge in [0.15, 0.2) is 0 Å². The van der Waals surface area contributed by atoms with Gasteiger partial charge in [-0.1, -0.05) is 27.7 Å². The highest BCUT2D eigenvalue weighted by atomic mass is 16.4. The van der Waals surface area contributed by atoms with Crippen molar-refractivity contribution >= 4 is 17.8 Å². The summed E-state index contributed by atoms with van der Waals surface area (Å²) in [5.41, 5.74) is 0.377. The third-order valence-corrected chi connectivity index (χ3v) is 2.77. The summed E-state index contributed by atoms with van der Waals surface area (Å²) in [5.74, 6) is -2.57. The second-order valence-corrected chi connectivity index (χ2v) is 4.79. The fourth-order valence-electron chi connectivity index (χ4n) is 1.87. The molecule has 0 radical (unpaired) electrons. The molecule has 0 aromatic carbocycles. The molecular formula is C12H17NO4. The highest BCUT2D eigenvalue weighted by molar-refractivity contribution is 6.18. The predicted molar refractivity (Wildman–Crippen MR) is 61.0 cm³/mol. The Hall–Kier alpha value is -1.65. The van der Waals surface area contributed by atoms with Crippen LogP contribution in [0.1, 0.15) is 27.7 Å². The Balaban J connectivity index is 3.06. The zero-order chi connectivity index (χ0) is 13.3. The number of hydrogen-bond donors (Lipinski definition) is 1. The lowest BCUT2D eigenvalue weighted by atomic mass is 10.0. The van der Waals surface area contributed by atoms with E-state index in [2.05, 4.69) is 0 Å². The van der Waals surface area contributed by atoms with Crippen LogP contribution >= 0.6 is 0 Å². The molecule has 1 atom stereocenters. The van der Waals surface area contributed by atoms with Gasteiger partial charge in [-0.05, 0) is 11.8 Å². The topological polar surface area (TPSA) is 74.7 Å². The minimum Gasteiger partial charge on any atom is -0.480 e. The fourth-order valence-corrected chi connectivity index (χ4v) is 1.87. The number of imide groups is 1. The molecule has 0 aromatic rings. The average molecular weight is 239 g/mol. The zero-order valence-corrected chi connectivity index (χ0v) is 10.4. The molecule has 0 saturated heterocycles. The van der Waals surface area contributed by atoms with Gasteiger partial charge in [0.2, 0.25) is 0 Å². The minimum absolute atomic E-state index is 0.0851. The van der Waals surface area contributed by atoms with E-state index in [0.29, 0.717) is 5.57 Å². The first-order valence-electron chi connectivity index (χ1n) is 5.59. The molecule has 1 aliphatic heterocycles. The summed E-state index contributed by atoms with van der Waals surface area (Å²) in [7, 11) is 0. The number of amides is 2. The van der Waals surface area contributed by atoms with Crippen molar-refractivity contribution in [2.24, 2.45) is 11.8 Å². The van der Waals surface area contributed by atoms with Crippen molar-refractivity contribution in [3.8, 4) is 0 Å². The molecule has 0 saturated carbocycles. The Morgan fingerprint density at radius 3 is 2.06 bits per heavy atom. The van der Waals surface area contributed by atoms with Crippen LogP contribution in [0.2, 0.25) is 0 Å². The molecule has 1 unspecified atom stereocenters. The van der Waals surface area contributed by atoms with E-state index in [4.69, 9.17) is 5.11 Å². The molecule has 0 aliphatic carbocycles. The Morgan fingerprint density at radius 2 is 1.76 bits per heavy atom. The SMILES string of the molecule is CC(C)C1=CC(=O)N(C(C(=O)O)C(C)C)C1=O. The molecule has 5 heteroatoms. The predicted octanol–water partition coefficient (Wildman–Crippen LogP) is 1.05. The van der Waals surface area contributed by atoms with Gasteiger partial charge in [-0.3, -0.25) is 14.5 Å². The number of carboxylic acid groups (broad SMARTS) is 1. The highest BCUT2D eigenvalue weighted by Gasteiger charge is 2.41. The largest absolute Gasteiger partial charge is 0.480 e. The van der Waals surface area contributed by atoms with Crippen molar-refractivity contribution in [1.82, 2.24) is 4.90 Å². The van der Waals surface area contributed by atoms with Gasteiger partial charge in [-0.2, -0.15) is 0 Å². The smallest absolute Gasteiger partial charge is 0.327 e. The Morgan fingerprint density at radius 1 is 1.24 bits per heavy atom. The number of aliphatic carboxylic acids is 1. The van der Waals surface area contributed by atoms with Gasteiger partial charge >= 0.3 is 5.97 Å². The molecular weight excluding hydrogens is 222 g/mol. The van der Waals surface area contributed by atoms with E-state index in [0.717, 1.165) is 4.90 Å². The van der Waals surface area contributed by atoms with Gasteiger partial charge in [-0.15, -0.1) is 0 Å². The van der Waals surface area contributed by atoms with Crippen molar-refractivity contribution in [3.63, 3.8) is 0 Å². The quantitative estimate of drug-likeness (QED) is 0.744. The Labute approximate surface area is 100 Å². The number of nitrogens with zero attached hydrogens (tertiary/aromatic N) is 1. The maximum absolute atomic E-state index is 12.0. The number of carbonyl (C=O) groups is 3. The summed E-state index contributed by atoms with van der Waals surface area (Å²) in [5, 5.41) is 9.10. The first-order valence-corrected chi connectivity index (χ1v) is 5.59. The number of carbonyl (C=O) groups excluding carboxylic acids is 2. The molecule has 0 spiro atoms. The first kappa shape index (κ1) is 13.4. The third kappa shape index (κ3) is 2.38. The lowest BCUT2D eigenvalue weighted by Gasteiger charge is -2.26. The molecule has 1 aliphatic rings. The van der Waals surface area contributed by atoms with Crippen LogP contribution in [-0.4, -0.2) is 33.8 Å². The summed E-state index contributed by atoms with van der Waals surface area (Å²) in [6.45, 7) is 6.94. The molecule has 1 rings (SSSR count). The zero-order valence-electron chi connectivity index (χ0n) is 10.4. The van der Waals surface area contributed by atoms with Crippen LogP contribution in [0.25, 0.3) is 0 Å². The van der Waals surface area contributed by atoms with Crippen molar-refractivity contribution in [2.45, 2.75) is 33.7 Å². The van der Waals surface area contributed by atoms with E-state index in [-0.39, 0.29) is 11.8 Å². The molecule has 0 bridgehead atoms. The summed E-state index contributed by atoms with van der Waals surface area (Å²) >= 11 is 0. The van der Waals surface area contributed by atoms with Crippen LogP contribution in [0.15, 0.2) is 11.6 Å². The summed E-state index contributed by atoms with van der Waals surface area (Å²) in [6, 6.07) is -1.09. The van der Waals surface area contributed by atoms with E-state index in [1.54, 1.807) is 27.7 Å². The summed E-state index contributed by atoms with van der Waals surface area (Å²) < 4.78 is 0. The van der Waals surface area contributed by atoms with Crippen molar-refractivity contribution in [2.75, 3.05) is 0 Å². The molecule has 0 fully saturated rings. The van der Waals surface area contributed by atoms with E-state index >= 15 is 0 Å². The molecule has 2 amide bonds. The Kier molecular flexibility index (Phi) is 3.70. The maximum atomic E-state index is 12.0. The van der Waals surface area contributed by atoms with Crippen LogP contribution < -0.4 is 0 Å². The van der Waals surface area contributed by atoms with Crippen LogP contribution in [0.5, 0.6) is 0 Å². The van der Waals surface area contributed by atoms with Crippen LogP contribution in [0.3, 0.4) is 0 Å². The van der Waals surface area contributed by atoms with E-state index in [9.17, 15) is 14.4 Å². The lowest BCUT2D eigenvalue weighted by molar-refractivity contribution is -0.155. The van der Waals surface area contributed by atoms with Gasteiger partial charge in [0, 0.05) is 11.6 Å². The molecule has 1 N–H and O–H groups in total. The molecule has 0 aromatic heterocycles. The average Bonchev–Trinajstić information content (AvgIpc) is 2.44. The normalized spacial score (nSPS) is 18.0. The molecule has 5 nitrogen and oxygen atoms in total. The third-order valence-electron chi connectivity index (χ3n) is 2.77. The second kappa shape index (κ2) is 4.69. The monoisotopic (exact) mass is 239 g/mol. The van der Waals surface area contributed by atoms with Crippen molar-refractivity contribution < 1.29 is 19.5 Å². The van der Waals surface area contributed by atoms with Crippen LogP contribution in [0.4, 0.5) is 0 Å². The number of carboxylic acids is 1. The van der Waals surface area contributed by atoms with E-state index in [1.807, 2.05) is 0 Å². The summed E-state index contributed by atoms with van der Waals surface area (Å²) in [4.78, 5) is 35.7. The molecule has 17 heavy (non-hydrogen) atoms. The lowest BCUT2D eigenvalue weighted by Crippen LogP contribution is -2.48. The highest BCUT2D eigenvalue weighted by Crippen LogP contribution is 2.24. The van der Waals surface area contributed by atoms with E-state index < -0.39 is 23.8 Å². The number of hydrogen-bond acceptors (Lipinski definition) is 3. The van der Waals surface area contributed by atoms with Crippen LogP contribution in [0, 0.1) is 11.8 Å². The van der Waals surface area contributed by atoms with Gasteiger partial charge in [-0.25, -0.2) is 4.79 Å². The Bertz CT molecular complexity index is 395. The van der Waals surface area contributed by atoms with Gasteiger partial charge in [0.05, 0.1) is 0 Å². The van der Waals surface area contributed by atoms with Crippen molar-refractivity contribution in [1.29, 1.82) is 0 Å². The van der Waals surface area contributed by atoms with Crippen molar-refractivity contribution in [3.05, 3.63) is 11.6 Å². The standard InChI is InChI=1S/C12H17NO4/c1-6(2)8-5-9(14)13(11(8)15)10(7(3)4)12(16)17/h5-7,10H,1-4H3,(H,16,17). The van der Waals surface area contributed by atoms with Gasteiger partial charge in [0.1, 0.15) is 6.04 Å². The van der Waals surface area contributed by atoms with Gasteiger partial charge < -0.3 is 5.11 Å². The fraction of sp³-hybridized carbons (Fsp3) is 0.583. The maximum Gasteiger partial charge on any atom is 0.327 e. The number of rotatable bonds is 4. The molecule has 1 heterocycles. The van der Waals surface area contributed by atoms with Crippen LogP contribution in [-0.2, 0) is 14.4 Å².